The molecule has 1 saturated heterocycles. The summed E-state index contributed by atoms with van der Waals surface area (Å²) in [6, 6.07) is 13.7. The largest absolute Gasteiger partial charge is 0.353 e. The van der Waals surface area contributed by atoms with Gasteiger partial charge >= 0.3 is 0 Å². The minimum atomic E-state index is -1.10. The van der Waals surface area contributed by atoms with Crippen molar-refractivity contribution < 1.29 is 9.59 Å². The fourth-order valence-corrected chi connectivity index (χ4v) is 3.38. The number of nitrogens with one attached hydrogen (secondary N) is 1. The van der Waals surface area contributed by atoms with Gasteiger partial charge in [0.25, 0.3) is 0 Å². The van der Waals surface area contributed by atoms with E-state index in [9.17, 15) is 9.59 Å². The van der Waals surface area contributed by atoms with Crippen molar-refractivity contribution in [2.75, 3.05) is 31.1 Å². The second-order valence-electron chi connectivity index (χ2n) is 7.70. The van der Waals surface area contributed by atoms with Gasteiger partial charge in [0.2, 0.25) is 11.8 Å². The van der Waals surface area contributed by atoms with Crippen molar-refractivity contribution in [2.45, 2.75) is 27.3 Å². The molecule has 148 valence electrons. The Labute approximate surface area is 166 Å². The van der Waals surface area contributed by atoms with Crippen molar-refractivity contribution in [1.29, 1.82) is 0 Å². The number of carbonyl (C=O) groups excluding carboxylic acids is 2. The summed E-state index contributed by atoms with van der Waals surface area (Å²) < 4.78 is 0. The normalized spacial score (nSPS) is 14.7. The molecule has 0 radical (unpaired) electrons. The van der Waals surface area contributed by atoms with E-state index in [1.807, 2.05) is 49.4 Å². The summed E-state index contributed by atoms with van der Waals surface area (Å²) in [6.45, 7) is 8.44. The Balaban J connectivity index is 1.56. The van der Waals surface area contributed by atoms with Gasteiger partial charge in [-0.2, -0.15) is 0 Å². The standard InChI is InChI=1S/C22H28N4O2/c1-17-8-4-5-9-18(17)16-24-20(27)22(2,3)21(28)26-14-12-25(13-15-26)19-10-6-7-11-23-19/h4-11H,12-16H2,1-3H3,(H,24,27). The molecule has 6 heteroatoms. The van der Waals surface area contributed by atoms with E-state index in [1.165, 1.54) is 0 Å². The number of aryl methyl sites for hydroxylation is 1. The van der Waals surface area contributed by atoms with Crippen molar-refractivity contribution in [3.05, 3.63) is 59.8 Å². The summed E-state index contributed by atoms with van der Waals surface area (Å²) in [6.07, 6.45) is 1.77. The Morgan fingerprint density at radius 3 is 2.36 bits per heavy atom. The molecule has 2 aromatic rings. The lowest BCUT2D eigenvalue weighted by molar-refractivity contribution is -0.148. The van der Waals surface area contributed by atoms with Crippen molar-refractivity contribution in [2.24, 2.45) is 5.41 Å². The summed E-state index contributed by atoms with van der Waals surface area (Å²) in [7, 11) is 0. The molecule has 1 fully saturated rings. The van der Waals surface area contributed by atoms with Crippen molar-refractivity contribution in [3.8, 4) is 0 Å². The number of piperazine rings is 1. The van der Waals surface area contributed by atoms with E-state index in [0.717, 1.165) is 16.9 Å². The molecule has 1 aliphatic heterocycles. The van der Waals surface area contributed by atoms with Gasteiger partial charge in [0.05, 0.1) is 0 Å². The third kappa shape index (κ3) is 4.32. The Morgan fingerprint density at radius 1 is 1.04 bits per heavy atom. The Hall–Kier alpha value is -2.89. The molecule has 6 nitrogen and oxygen atoms in total. The first-order valence-corrected chi connectivity index (χ1v) is 9.68. The molecule has 0 bridgehead atoms. The number of aromatic nitrogens is 1. The van der Waals surface area contributed by atoms with Gasteiger partial charge in [-0.15, -0.1) is 0 Å². The van der Waals surface area contributed by atoms with Crippen molar-refractivity contribution >= 4 is 17.6 Å². The number of pyridine rings is 1. The number of amides is 2. The molecule has 0 aliphatic carbocycles. The smallest absolute Gasteiger partial charge is 0.237 e. The highest BCUT2D eigenvalue weighted by molar-refractivity contribution is 6.04. The van der Waals surface area contributed by atoms with E-state index in [0.29, 0.717) is 32.7 Å². The minimum absolute atomic E-state index is 0.129. The number of hydrogen-bond acceptors (Lipinski definition) is 4. The zero-order chi connectivity index (χ0) is 20.1. The summed E-state index contributed by atoms with van der Waals surface area (Å²) in [4.78, 5) is 34.1. The summed E-state index contributed by atoms with van der Waals surface area (Å²) >= 11 is 0. The highest BCUT2D eigenvalue weighted by Crippen LogP contribution is 2.22. The zero-order valence-corrected chi connectivity index (χ0v) is 16.8. The highest BCUT2D eigenvalue weighted by atomic mass is 16.2. The lowest BCUT2D eigenvalue weighted by Crippen LogP contribution is -2.55. The number of rotatable bonds is 5. The number of carbonyl (C=O) groups is 2. The molecule has 28 heavy (non-hydrogen) atoms. The SMILES string of the molecule is Cc1ccccc1CNC(=O)C(C)(C)C(=O)N1CCN(c2ccccn2)CC1. The molecule has 0 unspecified atom stereocenters. The molecule has 3 rings (SSSR count). The van der Waals surface area contributed by atoms with Gasteiger partial charge in [-0.05, 0) is 44.0 Å². The molecular formula is C22H28N4O2. The van der Waals surface area contributed by atoms with E-state index in [1.54, 1.807) is 24.9 Å². The van der Waals surface area contributed by atoms with Crippen LogP contribution in [-0.4, -0.2) is 47.9 Å². The second-order valence-corrected chi connectivity index (χ2v) is 7.70. The fraction of sp³-hybridized carbons (Fsp3) is 0.409. The van der Waals surface area contributed by atoms with Crippen LogP contribution in [-0.2, 0) is 16.1 Å². The summed E-state index contributed by atoms with van der Waals surface area (Å²) in [5, 5.41) is 2.93. The first-order valence-electron chi connectivity index (χ1n) is 9.68. The van der Waals surface area contributed by atoms with E-state index in [-0.39, 0.29) is 11.8 Å². The zero-order valence-electron chi connectivity index (χ0n) is 16.8. The van der Waals surface area contributed by atoms with Crippen LogP contribution in [0.25, 0.3) is 0 Å². The summed E-state index contributed by atoms with van der Waals surface area (Å²) in [5.41, 5.74) is 1.08. The fourth-order valence-electron chi connectivity index (χ4n) is 3.38. The average Bonchev–Trinajstić information content (AvgIpc) is 2.73. The lowest BCUT2D eigenvalue weighted by atomic mass is 9.89. The van der Waals surface area contributed by atoms with Crippen LogP contribution in [0.2, 0.25) is 0 Å². The third-order valence-corrected chi connectivity index (χ3v) is 5.34. The first-order chi connectivity index (χ1) is 13.4. The van der Waals surface area contributed by atoms with Crippen LogP contribution < -0.4 is 10.2 Å². The van der Waals surface area contributed by atoms with Gasteiger partial charge in [-0.25, -0.2) is 4.98 Å². The van der Waals surface area contributed by atoms with Gasteiger partial charge < -0.3 is 15.1 Å². The van der Waals surface area contributed by atoms with Crippen LogP contribution in [0.15, 0.2) is 48.7 Å². The van der Waals surface area contributed by atoms with E-state index in [2.05, 4.69) is 15.2 Å². The number of benzene rings is 1. The minimum Gasteiger partial charge on any atom is -0.353 e. The predicted molar refractivity (Wildman–Crippen MR) is 110 cm³/mol. The number of nitrogens with zero attached hydrogens (tertiary/aromatic N) is 3. The quantitative estimate of drug-likeness (QED) is 0.809. The Kier molecular flexibility index (Phi) is 5.97. The molecule has 1 aromatic carbocycles. The summed E-state index contributed by atoms with van der Waals surface area (Å²) in [5.74, 6) is 0.549. The number of anilines is 1. The monoisotopic (exact) mass is 380 g/mol. The lowest BCUT2D eigenvalue weighted by Gasteiger charge is -2.38. The van der Waals surface area contributed by atoms with Crippen LogP contribution >= 0.6 is 0 Å². The van der Waals surface area contributed by atoms with Crippen LogP contribution in [0.4, 0.5) is 5.82 Å². The van der Waals surface area contributed by atoms with Crippen LogP contribution in [0.3, 0.4) is 0 Å². The maximum absolute atomic E-state index is 13.0. The highest BCUT2D eigenvalue weighted by Gasteiger charge is 2.40. The van der Waals surface area contributed by atoms with E-state index in [4.69, 9.17) is 0 Å². The van der Waals surface area contributed by atoms with Gasteiger partial charge in [-0.1, -0.05) is 30.3 Å². The molecule has 2 heterocycles. The van der Waals surface area contributed by atoms with E-state index >= 15 is 0 Å². The van der Waals surface area contributed by atoms with Crippen molar-refractivity contribution in [1.82, 2.24) is 15.2 Å². The Morgan fingerprint density at radius 2 is 1.71 bits per heavy atom. The van der Waals surface area contributed by atoms with Crippen LogP contribution in [0, 0.1) is 12.3 Å². The van der Waals surface area contributed by atoms with E-state index < -0.39 is 5.41 Å². The molecule has 0 atom stereocenters. The second kappa shape index (κ2) is 8.42. The van der Waals surface area contributed by atoms with Gasteiger partial charge in [0.15, 0.2) is 0 Å². The average molecular weight is 380 g/mol. The maximum Gasteiger partial charge on any atom is 0.237 e. The molecule has 1 aromatic heterocycles. The molecule has 2 amide bonds. The molecular weight excluding hydrogens is 352 g/mol. The number of hydrogen-bond donors (Lipinski definition) is 1. The van der Waals surface area contributed by atoms with Gasteiger partial charge in [0.1, 0.15) is 11.2 Å². The predicted octanol–water partition coefficient (Wildman–Crippen LogP) is 2.38. The maximum atomic E-state index is 13.0. The van der Waals surface area contributed by atoms with Crippen LogP contribution in [0.1, 0.15) is 25.0 Å². The van der Waals surface area contributed by atoms with Gasteiger partial charge in [0, 0.05) is 38.9 Å². The topological polar surface area (TPSA) is 65.5 Å². The van der Waals surface area contributed by atoms with Crippen LogP contribution in [0.5, 0.6) is 0 Å². The Bertz CT molecular complexity index is 827. The van der Waals surface area contributed by atoms with Gasteiger partial charge in [-0.3, -0.25) is 9.59 Å². The first kappa shape index (κ1) is 19.9. The molecule has 1 N–H and O–H groups in total. The molecule has 0 spiro atoms. The molecule has 1 aliphatic rings. The third-order valence-electron chi connectivity index (χ3n) is 5.34. The molecule has 0 saturated carbocycles. The van der Waals surface area contributed by atoms with Crippen molar-refractivity contribution in [3.63, 3.8) is 0 Å².